The summed E-state index contributed by atoms with van der Waals surface area (Å²) in [4.78, 5) is 0. The van der Waals surface area contributed by atoms with E-state index in [0.717, 1.165) is 28.8 Å². The van der Waals surface area contributed by atoms with E-state index in [1.807, 2.05) is 0 Å². The van der Waals surface area contributed by atoms with Crippen LogP contribution in [-0.4, -0.2) is 21.2 Å². The van der Waals surface area contributed by atoms with Gasteiger partial charge in [0.15, 0.2) is 0 Å². The van der Waals surface area contributed by atoms with Crippen LogP contribution >= 0.6 is 0 Å². The Labute approximate surface area is 59.4 Å². The lowest BCUT2D eigenvalue weighted by molar-refractivity contribution is 0.316. The van der Waals surface area contributed by atoms with Gasteiger partial charge in [0, 0.05) is 10.2 Å². The maximum absolute atomic E-state index is 8.44. The van der Waals surface area contributed by atoms with Crippen molar-refractivity contribution in [3.05, 3.63) is 0 Å². The molecule has 0 aliphatic carbocycles. The Morgan fingerprint density at radius 3 is 2.44 bits per heavy atom. The molecule has 0 aliphatic heterocycles. The molecule has 9 heavy (non-hydrogen) atoms. The van der Waals surface area contributed by atoms with Gasteiger partial charge in [-0.2, -0.15) is 0 Å². The fourth-order valence-corrected chi connectivity index (χ4v) is 1.11. The first-order valence-electron chi connectivity index (χ1n) is 3.43. The first kappa shape index (κ1) is 8.69. The van der Waals surface area contributed by atoms with E-state index in [0.29, 0.717) is 5.54 Å². The average Bonchev–Trinajstić information content (AvgIpc) is 1.82. The van der Waals surface area contributed by atoms with Gasteiger partial charge < -0.3 is 5.21 Å². The third kappa shape index (κ3) is 3.29. The molecule has 0 aromatic heterocycles. The minimum absolute atomic E-state index is 0.523. The average molecular weight is 145 g/mol. The number of hydrogen-bond donors (Lipinski definition) is 1. The molecule has 54 valence electrons. The van der Waals surface area contributed by atoms with Crippen LogP contribution in [0.2, 0.25) is 5.54 Å². The Morgan fingerprint density at radius 1 is 1.78 bits per heavy atom. The highest BCUT2D eigenvalue weighted by atomic mass is 28.1. The van der Waals surface area contributed by atoms with Crippen molar-refractivity contribution < 1.29 is 5.21 Å². The van der Waals surface area contributed by atoms with Crippen LogP contribution < -0.4 is 0 Å². The third-order valence-electron chi connectivity index (χ3n) is 1.30. The maximum atomic E-state index is 8.44. The summed E-state index contributed by atoms with van der Waals surface area (Å²) < 4.78 is 0. The van der Waals surface area contributed by atoms with Crippen molar-refractivity contribution in [1.82, 2.24) is 0 Å². The van der Waals surface area contributed by atoms with Crippen molar-refractivity contribution in [2.75, 3.05) is 0 Å². The van der Waals surface area contributed by atoms with Gasteiger partial charge in [-0.3, -0.25) is 0 Å². The van der Waals surface area contributed by atoms with Crippen LogP contribution in [0.3, 0.4) is 0 Å². The maximum Gasteiger partial charge on any atom is 0.0562 e. The van der Waals surface area contributed by atoms with E-state index in [4.69, 9.17) is 5.21 Å². The summed E-state index contributed by atoms with van der Waals surface area (Å²) in [6.45, 7) is 4.19. The Balaban J connectivity index is 3.70. The number of nitrogens with zero attached hydrogens (tertiary/aromatic N) is 1. The van der Waals surface area contributed by atoms with Crippen molar-refractivity contribution in [2.45, 2.75) is 32.2 Å². The van der Waals surface area contributed by atoms with Crippen molar-refractivity contribution in [2.24, 2.45) is 5.16 Å². The lowest BCUT2D eigenvalue weighted by atomic mass is 10.2. The lowest BCUT2D eigenvalue weighted by Crippen LogP contribution is -2.04. The minimum atomic E-state index is 0.523. The fraction of sp³-hybridized carbons (Fsp3) is 0.833. The van der Waals surface area contributed by atoms with Crippen LogP contribution in [0.5, 0.6) is 0 Å². The molecule has 0 aromatic rings. The van der Waals surface area contributed by atoms with E-state index >= 15 is 0 Å². The normalized spacial score (nSPS) is 16.0. The second-order valence-corrected chi connectivity index (χ2v) is 4.23. The zero-order valence-corrected chi connectivity index (χ0v) is 8.39. The van der Waals surface area contributed by atoms with Gasteiger partial charge in [-0.25, -0.2) is 0 Å². The molecular weight excluding hydrogens is 130 g/mol. The topological polar surface area (TPSA) is 32.6 Å². The molecule has 1 atom stereocenters. The number of hydrogen-bond acceptors (Lipinski definition) is 2. The minimum Gasteiger partial charge on any atom is -0.411 e. The summed E-state index contributed by atoms with van der Waals surface area (Å²) >= 11 is 0. The molecule has 0 saturated heterocycles. The third-order valence-corrected chi connectivity index (χ3v) is 1.97. The summed E-state index contributed by atoms with van der Waals surface area (Å²) in [5.41, 5.74) is 1.49. The van der Waals surface area contributed by atoms with Crippen molar-refractivity contribution in [1.29, 1.82) is 0 Å². The zero-order valence-electron chi connectivity index (χ0n) is 6.39. The molecule has 1 N–H and O–H groups in total. The van der Waals surface area contributed by atoms with Crippen molar-refractivity contribution in [3.63, 3.8) is 0 Å². The van der Waals surface area contributed by atoms with Crippen molar-refractivity contribution in [3.8, 4) is 0 Å². The summed E-state index contributed by atoms with van der Waals surface area (Å²) in [5.74, 6) is 0. The summed E-state index contributed by atoms with van der Waals surface area (Å²) in [5, 5.41) is 11.7. The Morgan fingerprint density at radius 2 is 2.33 bits per heavy atom. The van der Waals surface area contributed by atoms with Crippen LogP contribution in [0.1, 0.15) is 26.7 Å². The van der Waals surface area contributed by atoms with Crippen LogP contribution in [-0.2, 0) is 0 Å². The Kier molecular flexibility index (Phi) is 4.40. The Hall–Kier alpha value is -0.313. The molecule has 3 heteroatoms. The molecule has 2 nitrogen and oxygen atoms in total. The predicted molar refractivity (Wildman–Crippen MR) is 43.5 cm³/mol. The standard InChI is InChI=1S/C6H15NOSi/c1-3-4-6(7-8)5(2)9/h5,8H,3-4H2,1-2,9H3. The van der Waals surface area contributed by atoms with E-state index < -0.39 is 0 Å². The second kappa shape index (κ2) is 4.55. The monoisotopic (exact) mass is 145 g/mol. The fourth-order valence-electron chi connectivity index (χ4n) is 0.710. The summed E-state index contributed by atoms with van der Waals surface area (Å²) in [6.07, 6.45) is 2.02. The quantitative estimate of drug-likeness (QED) is 0.271. The van der Waals surface area contributed by atoms with Gasteiger partial charge in [-0.1, -0.05) is 25.4 Å². The number of rotatable bonds is 3. The Bertz CT molecular complexity index is 101. The van der Waals surface area contributed by atoms with E-state index in [2.05, 4.69) is 19.0 Å². The molecule has 0 saturated carbocycles. The highest BCUT2D eigenvalue weighted by Crippen LogP contribution is 2.05. The van der Waals surface area contributed by atoms with Gasteiger partial charge in [0.05, 0.1) is 5.71 Å². The van der Waals surface area contributed by atoms with E-state index in [-0.39, 0.29) is 0 Å². The summed E-state index contributed by atoms with van der Waals surface area (Å²) in [7, 11) is 1.09. The molecule has 0 aliphatic rings. The van der Waals surface area contributed by atoms with Crippen LogP contribution in [0.15, 0.2) is 5.16 Å². The molecule has 0 amide bonds. The van der Waals surface area contributed by atoms with Crippen LogP contribution in [0, 0.1) is 0 Å². The van der Waals surface area contributed by atoms with Crippen molar-refractivity contribution >= 4 is 16.0 Å². The largest absolute Gasteiger partial charge is 0.411 e. The molecule has 0 bridgehead atoms. The van der Waals surface area contributed by atoms with Gasteiger partial charge in [-0.05, 0) is 12.0 Å². The van der Waals surface area contributed by atoms with E-state index in [9.17, 15) is 0 Å². The molecular formula is C6H15NOSi. The molecule has 1 unspecified atom stereocenters. The smallest absolute Gasteiger partial charge is 0.0562 e. The first-order chi connectivity index (χ1) is 4.22. The molecule has 0 radical (unpaired) electrons. The highest BCUT2D eigenvalue weighted by Gasteiger charge is 2.02. The molecule has 0 fully saturated rings. The van der Waals surface area contributed by atoms with Gasteiger partial charge in [0.25, 0.3) is 0 Å². The van der Waals surface area contributed by atoms with E-state index in [1.165, 1.54) is 0 Å². The van der Waals surface area contributed by atoms with Gasteiger partial charge >= 0.3 is 0 Å². The molecule has 0 heterocycles. The summed E-state index contributed by atoms with van der Waals surface area (Å²) in [6, 6.07) is 0. The first-order valence-corrected chi connectivity index (χ1v) is 4.58. The zero-order chi connectivity index (χ0) is 7.28. The predicted octanol–water partition coefficient (Wildman–Crippen LogP) is 0.790. The molecule has 0 rings (SSSR count). The highest BCUT2D eigenvalue weighted by molar-refractivity contribution is 6.24. The van der Waals surface area contributed by atoms with Crippen LogP contribution in [0.25, 0.3) is 0 Å². The second-order valence-electron chi connectivity index (χ2n) is 2.50. The lowest BCUT2D eigenvalue weighted by Gasteiger charge is -2.04. The van der Waals surface area contributed by atoms with Gasteiger partial charge in [0.2, 0.25) is 0 Å². The molecule has 0 aromatic carbocycles. The van der Waals surface area contributed by atoms with E-state index in [1.54, 1.807) is 0 Å². The van der Waals surface area contributed by atoms with Gasteiger partial charge in [0.1, 0.15) is 0 Å². The molecule has 0 spiro atoms. The van der Waals surface area contributed by atoms with Gasteiger partial charge in [-0.15, -0.1) is 0 Å². The number of oxime groups is 1. The van der Waals surface area contributed by atoms with Crippen LogP contribution in [0.4, 0.5) is 0 Å². The SMILES string of the molecule is CCCC(=NO)C(C)[SiH3].